The first-order valence-electron chi connectivity index (χ1n) is 5.93. The van der Waals surface area contributed by atoms with E-state index in [1.165, 1.54) is 6.92 Å². The number of nitrogens with one attached hydrogen (secondary N) is 2. The van der Waals surface area contributed by atoms with E-state index in [0.717, 1.165) is 16.8 Å². The van der Waals surface area contributed by atoms with Crippen molar-refractivity contribution in [3.8, 4) is 11.8 Å². The predicted octanol–water partition coefficient (Wildman–Crippen LogP) is 1.32. The van der Waals surface area contributed by atoms with Crippen LogP contribution < -0.4 is 10.7 Å². The Kier molecular flexibility index (Phi) is 3.67. The highest BCUT2D eigenvalue weighted by Gasteiger charge is 2.00. The smallest absolute Gasteiger partial charge is 0.217 e. The molecule has 1 heterocycles. The van der Waals surface area contributed by atoms with E-state index in [9.17, 15) is 9.59 Å². The molecule has 4 heteroatoms. The topological polar surface area (TPSA) is 62.0 Å². The summed E-state index contributed by atoms with van der Waals surface area (Å²) >= 11 is 0. The van der Waals surface area contributed by atoms with Gasteiger partial charge in [-0.05, 0) is 25.1 Å². The van der Waals surface area contributed by atoms with E-state index < -0.39 is 0 Å². The van der Waals surface area contributed by atoms with Crippen LogP contribution in [0.1, 0.15) is 18.2 Å². The number of carbonyl (C=O) groups is 1. The van der Waals surface area contributed by atoms with Gasteiger partial charge in [0.05, 0.1) is 6.54 Å². The quantitative estimate of drug-likeness (QED) is 0.754. The molecule has 2 aromatic rings. The van der Waals surface area contributed by atoms with E-state index in [4.69, 9.17) is 0 Å². The second-order valence-corrected chi connectivity index (χ2v) is 4.29. The molecule has 0 unspecified atom stereocenters. The molecule has 0 atom stereocenters. The Morgan fingerprint density at radius 2 is 2.16 bits per heavy atom. The van der Waals surface area contributed by atoms with Gasteiger partial charge >= 0.3 is 0 Å². The van der Waals surface area contributed by atoms with Crippen LogP contribution in [0, 0.1) is 18.8 Å². The fraction of sp³-hybridized carbons (Fsp3) is 0.200. The van der Waals surface area contributed by atoms with Crippen LogP contribution in [0.5, 0.6) is 0 Å². The highest BCUT2D eigenvalue weighted by Crippen LogP contribution is 2.10. The summed E-state index contributed by atoms with van der Waals surface area (Å²) in [5.74, 6) is 5.64. The standard InChI is InChI=1S/C15H14N2O2/c1-10-8-15(19)13-9-12(5-6-14(13)17-10)4-3-7-16-11(2)18/h5-6,8-9H,7H2,1-2H3,(H,16,18)(H,17,19). The predicted molar refractivity (Wildman–Crippen MR) is 74.9 cm³/mol. The monoisotopic (exact) mass is 254 g/mol. The number of carbonyl (C=O) groups excluding carboxylic acids is 1. The minimum Gasteiger partial charge on any atom is -0.358 e. The Balaban J connectivity index is 2.32. The lowest BCUT2D eigenvalue weighted by Crippen LogP contribution is -2.19. The van der Waals surface area contributed by atoms with E-state index in [-0.39, 0.29) is 11.3 Å². The fourth-order valence-corrected chi connectivity index (χ4v) is 1.77. The molecule has 0 aliphatic rings. The molecule has 0 spiro atoms. The van der Waals surface area contributed by atoms with Crippen LogP contribution in [0.25, 0.3) is 10.9 Å². The number of H-pyrrole nitrogens is 1. The zero-order valence-corrected chi connectivity index (χ0v) is 10.8. The first kappa shape index (κ1) is 12.9. The minimum absolute atomic E-state index is 0.0169. The molecule has 2 rings (SSSR count). The van der Waals surface area contributed by atoms with E-state index in [0.29, 0.717) is 11.9 Å². The summed E-state index contributed by atoms with van der Waals surface area (Å²) in [6.45, 7) is 3.60. The van der Waals surface area contributed by atoms with Gasteiger partial charge in [-0.15, -0.1) is 0 Å². The lowest BCUT2D eigenvalue weighted by atomic mass is 10.1. The van der Waals surface area contributed by atoms with Gasteiger partial charge in [-0.2, -0.15) is 0 Å². The largest absolute Gasteiger partial charge is 0.358 e. The zero-order chi connectivity index (χ0) is 13.8. The maximum Gasteiger partial charge on any atom is 0.217 e. The number of amides is 1. The van der Waals surface area contributed by atoms with Gasteiger partial charge in [-0.3, -0.25) is 9.59 Å². The van der Waals surface area contributed by atoms with Crippen molar-refractivity contribution in [1.82, 2.24) is 10.3 Å². The first-order chi connectivity index (χ1) is 9.06. The van der Waals surface area contributed by atoms with Gasteiger partial charge in [0.15, 0.2) is 5.43 Å². The summed E-state index contributed by atoms with van der Waals surface area (Å²) in [4.78, 5) is 25.7. The maximum atomic E-state index is 11.8. The molecule has 0 aliphatic heterocycles. The zero-order valence-electron chi connectivity index (χ0n) is 10.8. The van der Waals surface area contributed by atoms with E-state index in [1.807, 2.05) is 19.1 Å². The Bertz CT molecular complexity index is 748. The molecule has 0 fully saturated rings. The summed E-state index contributed by atoms with van der Waals surface area (Å²) in [6, 6.07) is 7.01. The van der Waals surface area contributed by atoms with Gasteiger partial charge in [0.25, 0.3) is 0 Å². The molecule has 1 aromatic heterocycles. The summed E-state index contributed by atoms with van der Waals surface area (Å²) in [5, 5.41) is 3.21. The van der Waals surface area contributed by atoms with Crippen LogP contribution in [0.4, 0.5) is 0 Å². The van der Waals surface area contributed by atoms with E-state index in [1.54, 1.807) is 12.1 Å². The first-order valence-corrected chi connectivity index (χ1v) is 5.93. The van der Waals surface area contributed by atoms with Crippen LogP contribution in [0.15, 0.2) is 29.1 Å². The number of benzene rings is 1. The third-order valence-electron chi connectivity index (χ3n) is 2.62. The average molecular weight is 254 g/mol. The van der Waals surface area contributed by atoms with Gasteiger partial charge < -0.3 is 10.3 Å². The normalized spacial score (nSPS) is 9.79. The summed E-state index contributed by atoms with van der Waals surface area (Å²) in [7, 11) is 0. The molecule has 1 aromatic carbocycles. The molecule has 0 saturated heterocycles. The van der Waals surface area contributed by atoms with Crippen LogP contribution in [0.3, 0.4) is 0 Å². The van der Waals surface area contributed by atoms with Crippen molar-refractivity contribution in [2.24, 2.45) is 0 Å². The molecule has 2 N–H and O–H groups in total. The molecule has 19 heavy (non-hydrogen) atoms. The molecule has 1 amide bonds. The molecule has 0 bridgehead atoms. The number of aryl methyl sites for hydroxylation is 1. The van der Waals surface area contributed by atoms with Crippen molar-refractivity contribution in [3.05, 3.63) is 45.7 Å². The van der Waals surface area contributed by atoms with Crippen molar-refractivity contribution < 1.29 is 4.79 Å². The van der Waals surface area contributed by atoms with E-state index in [2.05, 4.69) is 22.1 Å². The van der Waals surface area contributed by atoms with Crippen molar-refractivity contribution >= 4 is 16.8 Å². The lowest BCUT2D eigenvalue weighted by molar-refractivity contribution is -0.118. The van der Waals surface area contributed by atoms with Gasteiger partial charge in [-0.25, -0.2) is 0 Å². The Morgan fingerprint density at radius 3 is 2.89 bits per heavy atom. The number of hydrogen-bond acceptors (Lipinski definition) is 2. The number of rotatable bonds is 1. The maximum absolute atomic E-state index is 11.8. The molecular formula is C15H14N2O2. The third-order valence-corrected chi connectivity index (χ3v) is 2.62. The number of pyridine rings is 1. The molecule has 0 aliphatic carbocycles. The van der Waals surface area contributed by atoms with Crippen molar-refractivity contribution in [2.75, 3.05) is 6.54 Å². The van der Waals surface area contributed by atoms with Crippen LogP contribution in [-0.2, 0) is 4.79 Å². The van der Waals surface area contributed by atoms with Gasteiger partial charge in [0.2, 0.25) is 5.91 Å². The number of fused-ring (bicyclic) bond motifs is 1. The van der Waals surface area contributed by atoms with Crippen molar-refractivity contribution in [3.63, 3.8) is 0 Å². The highest BCUT2D eigenvalue weighted by atomic mass is 16.1. The molecule has 96 valence electrons. The summed E-state index contributed by atoms with van der Waals surface area (Å²) in [6.07, 6.45) is 0. The number of aromatic nitrogens is 1. The van der Waals surface area contributed by atoms with Crippen LogP contribution >= 0.6 is 0 Å². The molecule has 0 saturated carbocycles. The molecule has 4 nitrogen and oxygen atoms in total. The van der Waals surface area contributed by atoms with Crippen LogP contribution in [-0.4, -0.2) is 17.4 Å². The van der Waals surface area contributed by atoms with Gasteiger partial charge in [0.1, 0.15) is 0 Å². The van der Waals surface area contributed by atoms with Gasteiger partial charge in [0, 0.05) is 35.2 Å². The lowest BCUT2D eigenvalue weighted by Gasteiger charge is -2.00. The average Bonchev–Trinajstić information content (AvgIpc) is 2.35. The number of aromatic amines is 1. The Morgan fingerprint density at radius 1 is 1.37 bits per heavy atom. The third kappa shape index (κ3) is 3.23. The molecular weight excluding hydrogens is 240 g/mol. The van der Waals surface area contributed by atoms with Gasteiger partial charge in [-0.1, -0.05) is 11.8 Å². The van der Waals surface area contributed by atoms with E-state index >= 15 is 0 Å². The SMILES string of the molecule is CC(=O)NCC#Cc1ccc2[nH]c(C)cc(=O)c2c1. The minimum atomic E-state index is -0.111. The fourth-order valence-electron chi connectivity index (χ4n) is 1.77. The second-order valence-electron chi connectivity index (χ2n) is 4.29. The Hall–Kier alpha value is -2.54. The Labute approximate surface area is 110 Å². The second kappa shape index (κ2) is 5.40. The van der Waals surface area contributed by atoms with Crippen LogP contribution in [0.2, 0.25) is 0 Å². The molecule has 0 radical (unpaired) electrons. The summed E-state index contributed by atoms with van der Waals surface area (Å²) < 4.78 is 0. The highest BCUT2D eigenvalue weighted by molar-refractivity contribution is 5.80. The summed E-state index contributed by atoms with van der Waals surface area (Å²) in [5.41, 5.74) is 2.38. The van der Waals surface area contributed by atoms with Crippen molar-refractivity contribution in [1.29, 1.82) is 0 Å². The van der Waals surface area contributed by atoms with Crippen molar-refractivity contribution in [2.45, 2.75) is 13.8 Å². The number of hydrogen-bond donors (Lipinski definition) is 2.